The van der Waals surface area contributed by atoms with Crippen molar-refractivity contribution in [2.75, 3.05) is 7.11 Å². The first-order chi connectivity index (χ1) is 17.0. The van der Waals surface area contributed by atoms with Crippen molar-refractivity contribution in [3.05, 3.63) is 82.2 Å². The largest absolute Gasteiger partial charge is 0.493 e. The summed E-state index contributed by atoms with van der Waals surface area (Å²) >= 11 is 0. The maximum atomic E-state index is 13.4. The van der Waals surface area contributed by atoms with Gasteiger partial charge in [0.05, 0.1) is 24.4 Å². The van der Waals surface area contributed by atoms with E-state index in [1.807, 2.05) is 38.1 Å². The molecule has 1 unspecified atom stereocenters. The number of fused-ring (bicyclic) bond motifs is 1. The average Bonchev–Trinajstić information content (AvgIpc) is 3.66. The quantitative estimate of drug-likeness (QED) is 0.379. The normalized spacial score (nSPS) is 17.3. The van der Waals surface area contributed by atoms with Crippen LogP contribution < -0.4 is 9.47 Å². The molecule has 1 amide bonds. The van der Waals surface area contributed by atoms with E-state index in [-0.39, 0.29) is 11.9 Å². The van der Waals surface area contributed by atoms with E-state index in [1.54, 1.807) is 13.2 Å². The van der Waals surface area contributed by atoms with Gasteiger partial charge < -0.3 is 18.9 Å². The van der Waals surface area contributed by atoms with E-state index in [4.69, 9.17) is 14.0 Å². The summed E-state index contributed by atoms with van der Waals surface area (Å²) in [5.41, 5.74) is 5.34. The highest BCUT2D eigenvalue weighted by Crippen LogP contribution is 2.41. The second kappa shape index (κ2) is 9.98. The Bertz CT molecular complexity index is 1220. The molecular weight excluding hydrogens is 440 g/mol. The molecule has 3 aromatic rings. The van der Waals surface area contributed by atoms with Crippen molar-refractivity contribution in [1.29, 1.82) is 0 Å². The van der Waals surface area contributed by atoms with Crippen LogP contribution in [0.3, 0.4) is 0 Å². The Morgan fingerprint density at radius 1 is 1.14 bits per heavy atom. The van der Waals surface area contributed by atoms with Crippen LogP contribution in [0.5, 0.6) is 11.5 Å². The number of hydrogen-bond acceptors (Lipinski definition) is 5. The van der Waals surface area contributed by atoms with Gasteiger partial charge >= 0.3 is 0 Å². The number of rotatable bonds is 8. The molecule has 1 fully saturated rings. The molecule has 2 aromatic carbocycles. The highest BCUT2D eigenvalue weighted by Gasteiger charge is 2.38. The van der Waals surface area contributed by atoms with Crippen LogP contribution in [0.4, 0.5) is 0 Å². The molecule has 1 atom stereocenters. The van der Waals surface area contributed by atoms with Gasteiger partial charge in [-0.2, -0.15) is 0 Å². The van der Waals surface area contributed by atoms with Gasteiger partial charge in [-0.3, -0.25) is 4.79 Å². The minimum Gasteiger partial charge on any atom is -0.493 e. The van der Waals surface area contributed by atoms with Crippen LogP contribution in [-0.4, -0.2) is 29.1 Å². The first kappa shape index (κ1) is 23.2. The zero-order valence-corrected chi connectivity index (χ0v) is 20.6. The van der Waals surface area contributed by atoms with Gasteiger partial charge in [-0.1, -0.05) is 35.5 Å². The van der Waals surface area contributed by atoms with Gasteiger partial charge in [0.2, 0.25) is 5.91 Å². The zero-order valence-electron chi connectivity index (χ0n) is 20.6. The lowest BCUT2D eigenvalue weighted by Gasteiger charge is -2.35. The van der Waals surface area contributed by atoms with Gasteiger partial charge in [-0.05, 0) is 80.9 Å². The molecule has 6 heteroatoms. The highest BCUT2D eigenvalue weighted by atomic mass is 16.5. The number of carbonyl (C=O) groups is 1. The van der Waals surface area contributed by atoms with Crippen LogP contribution in [0.1, 0.15) is 65.4 Å². The van der Waals surface area contributed by atoms with E-state index in [0.29, 0.717) is 24.1 Å². The third kappa shape index (κ3) is 4.97. The summed E-state index contributed by atoms with van der Waals surface area (Å²) < 4.78 is 16.8. The maximum Gasteiger partial charge on any atom is 0.247 e. The van der Waals surface area contributed by atoms with Crippen molar-refractivity contribution in [3.63, 3.8) is 0 Å². The highest BCUT2D eigenvalue weighted by molar-refractivity contribution is 5.92. The molecule has 1 saturated carbocycles. The minimum absolute atomic E-state index is 0.0758. The third-order valence-corrected chi connectivity index (χ3v) is 7.03. The van der Waals surface area contributed by atoms with Crippen molar-refractivity contribution in [3.8, 4) is 11.5 Å². The van der Waals surface area contributed by atoms with Crippen molar-refractivity contribution < 1.29 is 18.8 Å². The Balaban J connectivity index is 1.31. The van der Waals surface area contributed by atoms with Gasteiger partial charge in [-0.15, -0.1) is 0 Å². The monoisotopic (exact) mass is 472 g/mol. The summed E-state index contributed by atoms with van der Waals surface area (Å²) in [6, 6.07) is 14.8. The van der Waals surface area contributed by atoms with Crippen molar-refractivity contribution in [2.24, 2.45) is 0 Å². The summed E-state index contributed by atoms with van der Waals surface area (Å²) in [6.45, 7) is 4.12. The maximum absolute atomic E-state index is 13.4. The first-order valence-corrected chi connectivity index (χ1v) is 12.4. The molecule has 1 aromatic heterocycles. The molecule has 2 aliphatic carbocycles. The molecule has 5 rings (SSSR count). The molecule has 1 heterocycles. The SMILES string of the molecule is COc1cc(/C=C/C(=O)N(C2CC2)C2CCCc3ccccc32)ccc1OCc1c(C)noc1C. The number of ether oxygens (including phenoxy) is 2. The van der Waals surface area contributed by atoms with Crippen LogP contribution in [0, 0.1) is 13.8 Å². The summed E-state index contributed by atoms with van der Waals surface area (Å²) in [5.74, 6) is 2.08. The molecule has 0 radical (unpaired) electrons. The summed E-state index contributed by atoms with van der Waals surface area (Å²) in [7, 11) is 1.62. The third-order valence-electron chi connectivity index (χ3n) is 7.03. The molecule has 2 aliphatic rings. The van der Waals surface area contributed by atoms with E-state index >= 15 is 0 Å². The van der Waals surface area contributed by atoms with Gasteiger partial charge in [-0.25, -0.2) is 0 Å². The first-order valence-electron chi connectivity index (χ1n) is 12.4. The molecule has 182 valence electrons. The number of benzene rings is 2. The van der Waals surface area contributed by atoms with Crippen LogP contribution >= 0.6 is 0 Å². The number of carbonyl (C=O) groups excluding carboxylic acids is 1. The average molecular weight is 473 g/mol. The number of amides is 1. The van der Waals surface area contributed by atoms with Crippen LogP contribution in [0.25, 0.3) is 6.08 Å². The molecule has 35 heavy (non-hydrogen) atoms. The lowest BCUT2D eigenvalue weighted by Crippen LogP contribution is -2.37. The molecule has 0 bridgehead atoms. The minimum atomic E-state index is 0.0758. The number of methoxy groups -OCH3 is 1. The van der Waals surface area contributed by atoms with Crippen LogP contribution in [-0.2, 0) is 17.8 Å². The van der Waals surface area contributed by atoms with Gasteiger partial charge in [0.25, 0.3) is 0 Å². The Morgan fingerprint density at radius 3 is 2.71 bits per heavy atom. The molecule has 0 spiro atoms. The van der Waals surface area contributed by atoms with Crippen LogP contribution in [0.2, 0.25) is 0 Å². The summed E-state index contributed by atoms with van der Waals surface area (Å²) in [4.78, 5) is 15.5. The topological polar surface area (TPSA) is 64.8 Å². The zero-order chi connectivity index (χ0) is 24.4. The number of hydrogen-bond donors (Lipinski definition) is 0. The van der Waals surface area contributed by atoms with Crippen molar-refractivity contribution >= 4 is 12.0 Å². The second-order valence-electron chi connectivity index (χ2n) is 9.42. The van der Waals surface area contributed by atoms with Gasteiger partial charge in [0, 0.05) is 12.1 Å². The fourth-order valence-corrected chi connectivity index (χ4v) is 4.98. The number of nitrogens with zero attached hydrogens (tertiary/aromatic N) is 2. The lowest BCUT2D eigenvalue weighted by molar-refractivity contribution is -0.129. The number of aryl methyl sites for hydroxylation is 3. The summed E-state index contributed by atoms with van der Waals surface area (Å²) in [5, 5.41) is 3.97. The molecule has 0 saturated heterocycles. The van der Waals surface area contributed by atoms with Gasteiger partial charge in [0.1, 0.15) is 12.4 Å². The fraction of sp³-hybridized carbons (Fsp3) is 0.379. The smallest absolute Gasteiger partial charge is 0.247 e. The second-order valence-corrected chi connectivity index (χ2v) is 9.42. The predicted octanol–water partition coefficient (Wildman–Crippen LogP) is 5.96. The Morgan fingerprint density at radius 2 is 1.97 bits per heavy atom. The van der Waals surface area contributed by atoms with E-state index in [0.717, 1.165) is 54.7 Å². The van der Waals surface area contributed by atoms with E-state index < -0.39 is 0 Å². The molecular formula is C29H32N2O4. The molecule has 6 nitrogen and oxygen atoms in total. The Kier molecular flexibility index (Phi) is 6.62. The van der Waals surface area contributed by atoms with E-state index in [2.05, 4.69) is 34.3 Å². The predicted molar refractivity (Wildman–Crippen MR) is 134 cm³/mol. The Labute approximate surface area is 206 Å². The lowest BCUT2D eigenvalue weighted by atomic mass is 9.86. The molecule has 0 N–H and O–H groups in total. The number of aromatic nitrogens is 1. The van der Waals surface area contributed by atoms with E-state index in [9.17, 15) is 4.79 Å². The van der Waals surface area contributed by atoms with Gasteiger partial charge in [0.15, 0.2) is 11.5 Å². The van der Waals surface area contributed by atoms with E-state index in [1.165, 1.54) is 11.1 Å². The summed E-state index contributed by atoms with van der Waals surface area (Å²) in [6.07, 6.45) is 8.99. The standard InChI is InChI=1S/C29H32N2O4/c1-19-25(20(2)35-30-19)18-34-27-15-11-21(17-28(27)33-3)12-16-29(32)31(23-13-14-23)26-10-6-8-22-7-4-5-9-24(22)26/h4-5,7,9,11-12,15-17,23,26H,6,8,10,13-14,18H2,1-3H3/b16-12+. The van der Waals surface area contributed by atoms with Crippen molar-refractivity contribution in [1.82, 2.24) is 10.1 Å². The molecule has 0 aliphatic heterocycles. The fourth-order valence-electron chi connectivity index (χ4n) is 4.98. The van der Waals surface area contributed by atoms with Crippen LogP contribution in [0.15, 0.2) is 53.1 Å². The van der Waals surface area contributed by atoms with Crippen molar-refractivity contribution in [2.45, 2.75) is 64.6 Å². The Hall–Kier alpha value is -3.54.